The Morgan fingerprint density at radius 3 is 2.41 bits per heavy atom. The molecule has 0 aliphatic heterocycles. The summed E-state index contributed by atoms with van der Waals surface area (Å²) in [4.78, 5) is 11.5. The van der Waals surface area contributed by atoms with Gasteiger partial charge in [0, 0.05) is 15.7 Å². The van der Waals surface area contributed by atoms with Gasteiger partial charge in [0.2, 0.25) is 11.6 Å². The molecule has 0 aliphatic rings. The van der Waals surface area contributed by atoms with Crippen LogP contribution >= 0.6 is 11.6 Å². The molecule has 0 aliphatic carbocycles. The Morgan fingerprint density at radius 1 is 1.19 bits per heavy atom. The molecule has 0 amide bonds. The van der Waals surface area contributed by atoms with Crippen LogP contribution in [0, 0.1) is 18.5 Å². The second-order valence-electron chi connectivity index (χ2n) is 4.68. The first kappa shape index (κ1) is 13.4. The van der Waals surface area contributed by atoms with E-state index in [-0.39, 0.29) is 0 Å². The Kier molecular flexibility index (Phi) is 3.71. The normalized spacial score (nSPS) is 15.5. The van der Waals surface area contributed by atoms with Crippen LogP contribution in [-0.2, 0) is 0 Å². The number of hydrogen-bond acceptors (Lipinski definition) is 4. The van der Waals surface area contributed by atoms with E-state index in [1.54, 1.807) is 0 Å². The van der Waals surface area contributed by atoms with Crippen molar-refractivity contribution >= 4 is 17.6 Å². The summed E-state index contributed by atoms with van der Waals surface area (Å²) in [6.45, 7) is -3.19. The average Bonchev–Trinajstić information content (AvgIpc) is 2.56. The number of carbonyl (C=O) groups is 1. The van der Waals surface area contributed by atoms with Gasteiger partial charge in [-0.15, -0.1) is 13.2 Å². The van der Waals surface area contributed by atoms with Crippen LogP contribution in [0.5, 0.6) is 23.0 Å². The van der Waals surface area contributed by atoms with Crippen LogP contribution in [0.25, 0.3) is 0 Å². The molecule has 11 heteroatoms. The minimum Gasteiger partial charge on any atom is -0.490 e. The van der Waals surface area contributed by atoms with E-state index < -0.39 is 77.0 Å². The molecule has 0 aromatic heterocycles. The maximum atomic E-state index is 14.7. The third-order valence-electron chi connectivity index (χ3n) is 2.97. The molecule has 1 N–H and O–H groups in total. The topological polar surface area (TPSA) is 65.0 Å². The van der Waals surface area contributed by atoms with Gasteiger partial charge >= 0.3 is 12.3 Å². The number of hydrogen-bond donors (Lipinski definition) is 1. The molecular weight excluding hydrogens is 403 g/mol. The standard InChI is InChI=1S/C16H10ClF5O5/c1-6-7(17)5-10(11(12(6)18)15(23)24)26-9-4-3-8(27-16(20,21)22)13(19)14(9)25-2/h3-5H,1-2H3,(H,23,24)/i1D3,2D3. The smallest absolute Gasteiger partial charge is 0.490 e. The lowest BCUT2D eigenvalue weighted by molar-refractivity contribution is -0.275. The van der Waals surface area contributed by atoms with Crippen molar-refractivity contribution in [1.29, 1.82) is 0 Å². The molecule has 0 spiro atoms. The number of benzene rings is 2. The van der Waals surface area contributed by atoms with Crippen molar-refractivity contribution < 1.29 is 54.3 Å². The van der Waals surface area contributed by atoms with Crippen LogP contribution in [-0.4, -0.2) is 24.5 Å². The van der Waals surface area contributed by atoms with Gasteiger partial charge in [-0.05, 0) is 19.0 Å². The van der Waals surface area contributed by atoms with Crippen LogP contribution in [0.2, 0.25) is 5.02 Å². The monoisotopic (exact) mass is 418 g/mol. The SMILES string of the molecule is [2H]C([2H])([2H])Oc1c(Oc2cc(Cl)c(C([2H])([2H])[2H])c(F)c2C(=O)O)ccc(OC(F)(F)F)c1F. The Balaban J connectivity index is 2.72. The van der Waals surface area contributed by atoms with Gasteiger partial charge in [-0.2, -0.15) is 4.39 Å². The maximum Gasteiger partial charge on any atom is 0.573 e. The highest BCUT2D eigenvalue weighted by Gasteiger charge is 2.34. The molecule has 0 saturated heterocycles. The number of carboxylic acids is 1. The molecule has 0 heterocycles. The summed E-state index contributed by atoms with van der Waals surface area (Å²) in [6.07, 6.45) is -5.38. The first-order chi connectivity index (χ1) is 14.8. The highest BCUT2D eigenvalue weighted by molar-refractivity contribution is 6.31. The van der Waals surface area contributed by atoms with Crippen LogP contribution in [0.3, 0.4) is 0 Å². The molecule has 0 atom stereocenters. The minimum absolute atomic E-state index is 0.347. The highest BCUT2D eigenvalue weighted by Crippen LogP contribution is 2.42. The first-order valence-corrected chi connectivity index (χ1v) is 6.90. The molecule has 5 nitrogen and oxygen atoms in total. The van der Waals surface area contributed by atoms with Crippen LogP contribution in [0.4, 0.5) is 22.0 Å². The molecule has 0 unspecified atom stereocenters. The van der Waals surface area contributed by atoms with E-state index in [9.17, 15) is 31.9 Å². The van der Waals surface area contributed by atoms with Crippen molar-refractivity contribution in [3.05, 3.63) is 46.0 Å². The molecule has 2 aromatic rings. The van der Waals surface area contributed by atoms with Crippen LogP contribution < -0.4 is 14.2 Å². The molecule has 2 aromatic carbocycles. The van der Waals surface area contributed by atoms with Gasteiger partial charge in [-0.25, -0.2) is 9.18 Å². The zero-order valence-corrected chi connectivity index (χ0v) is 13.3. The van der Waals surface area contributed by atoms with Gasteiger partial charge in [0.05, 0.1) is 16.2 Å². The number of methoxy groups -OCH3 is 1. The van der Waals surface area contributed by atoms with Gasteiger partial charge in [0.15, 0.2) is 11.5 Å². The van der Waals surface area contributed by atoms with Crippen molar-refractivity contribution in [2.75, 3.05) is 7.04 Å². The molecule has 0 fully saturated rings. The summed E-state index contributed by atoms with van der Waals surface area (Å²) in [5, 5.41) is 8.47. The summed E-state index contributed by atoms with van der Waals surface area (Å²) < 4.78 is 122. The molecule has 2 rings (SSSR count). The van der Waals surface area contributed by atoms with Gasteiger partial charge in [-0.3, -0.25) is 0 Å². The second kappa shape index (κ2) is 7.47. The highest BCUT2D eigenvalue weighted by atomic mass is 35.5. The van der Waals surface area contributed by atoms with Crippen molar-refractivity contribution in [3.63, 3.8) is 0 Å². The van der Waals surface area contributed by atoms with E-state index in [1.807, 2.05) is 0 Å². The molecule has 27 heavy (non-hydrogen) atoms. The maximum absolute atomic E-state index is 14.7. The average molecular weight is 419 g/mol. The predicted octanol–water partition coefficient (Wildman–Crippen LogP) is 5.32. The Labute approximate surface area is 162 Å². The van der Waals surface area contributed by atoms with Crippen LogP contribution in [0.1, 0.15) is 24.1 Å². The van der Waals surface area contributed by atoms with E-state index in [2.05, 4.69) is 9.47 Å². The Hall–Kier alpha value is -2.75. The van der Waals surface area contributed by atoms with Gasteiger partial charge in [0.25, 0.3) is 0 Å². The van der Waals surface area contributed by atoms with Crippen molar-refractivity contribution in [1.82, 2.24) is 0 Å². The van der Waals surface area contributed by atoms with Crippen LogP contribution in [0.15, 0.2) is 18.2 Å². The van der Waals surface area contributed by atoms with E-state index in [0.717, 1.165) is 0 Å². The largest absolute Gasteiger partial charge is 0.573 e. The van der Waals surface area contributed by atoms with Gasteiger partial charge in [-0.1, -0.05) is 11.6 Å². The number of carboxylic acid groups (broad SMARTS) is 1. The lowest BCUT2D eigenvalue weighted by Crippen LogP contribution is -2.18. The zero-order valence-electron chi connectivity index (χ0n) is 18.6. The fourth-order valence-electron chi connectivity index (χ4n) is 1.89. The number of alkyl halides is 3. The lowest BCUT2D eigenvalue weighted by atomic mass is 10.1. The second-order valence-corrected chi connectivity index (χ2v) is 5.09. The summed E-state index contributed by atoms with van der Waals surface area (Å²) >= 11 is 5.72. The van der Waals surface area contributed by atoms with E-state index in [0.29, 0.717) is 18.2 Å². The van der Waals surface area contributed by atoms with Crippen molar-refractivity contribution in [2.24, 2.45) is 0 Å². The predicted molar refractivity (Wildman–Crippen MR) is 82.8 cm³/mol. The van der Waals surface area contributed by atoms with E-state index in [4.69, 9.17) is 24.6 Å². The molecule has 0 bridgehead atoms. The summed E-state index contributed by atoms with van der Waals surface area (Å²) in [5.41, 5.74) is -2.56. The van der Waals surface area contributed by atoms with Gasteiger partial charge in [0.1, 0.15) is 17.1 Å². The van der Waals surface area contributed by atoms with Gasteiger partial charge < -0.3 is 19.3 Å². The van der Waals surface area contributed by atoms with E-state index in [1.165, 1.54) is 0 Å². The first-order valence-electron chi connectivity index (χ1n) is 9.52. The van der Waals surface area contributed by atoms with E-state index >= 15 is 0 Å². The summed E-state index contributed by atoms with van der Waals surface area (Å²) in [6, 6.07) is 1.40. The minimum atomic E-state index is -5.38. The molecule has 0 saturated carbocycles. The summed E-state index contributed by atoms with van der Waals surface area (Å²) in [7, 11) is -3.43. The summed E-state index contributed by atoms with van der Waals surface area (Å²) in [5.74, 6) is -10.9. The van der Waals surface area contributed by atoms with Crippen molar-refractivity contribution in [2.45, 2.75) is 13.2 Å². The lowest BCUT2D eigenvalue weighted by Gasteiger charge is -2.16. The fourth-order valence-corrected chi connectivity index (χ4v) is 2.08. The quantitative estimate of drug-likeness (QED) is 0.665. The third kappa shape index (κ3) is 4.33. The zero-order chi connectivity index (χ0) is 25.5. The fraction of sp³-hybridized carbons (Fsp3) is 0.188. The van der Waals surface area contributed by atoms with Crippen molar-refractivity contribution in [3.8, 4) is 23.0 Å². The molecule has 0 radical (unpaired) electrons. The number of aromatic carboxylic acids is 1. The number of ether oxygens (including phenoxy) is 3. The third-order valence-corrected chi connectivity index (χ3v) is 3.27. The Bertz CT molecular complexity index is 1090. The number of rotatable bonds is 5. The Morgan fingerprint density at radius 2 is 1.85 bits per heavy atom. The number of halogens is 6. The molecular formula is C16H10ClF5O5. The molecule has 146 valence electrons.